The molecule has 138 valence electrons. The van der Waals surface area contributed by atoms with Gasteiger partial charge in [0.1, 0.15) is 0 Å². The highest BCUT2D eigenvalue weighted by Crippen LogP contribution is 2.33. The Morgan fingerprint density at radius 2 is 1.92 bits per heavy atom. The summed E-state index contributed by atoms with van der Waals surface area (Å²) in [6.45, 7) is 5.27. The second-order valence-electron chi connectivity index (χ2n) is 5.99. The lowest BCUT2D eigenvalue weighted by atomic mass is 10.2. The molecular formula is C15H19F3N4O2S. The van der Waals surface area contributed by atoms with E-state index in [0.29, 0.717) is 5.69 Å². The maximum absolute atomic E-state index is 13.2. The van der Waals surface area contributed by atoms with Crippen LogP contribution in [0, 0.1) is 6.92 Å². The summed E-state index contributed by atoms with van der Waals surface area (Å²) in [5, 5.41) is 6.72. The van der Waals surface area contributed by atoms with Gasteiger partial charge in [0.25, 0.3) is 0 Å². The van der Waals surface area contributed by atoms with E-state index in [4.69, 9.17) is 0 Å². The second-order valence-corrected chi connectivity index (χ2v) is 8.01. The zero-order chi connectivity index (χ0) is 19.0. The van der Waals surface area contributed by atoms with Crippen molar-refractivity contribution in [2.75, 3.05) is 6.26 Å². The van der Waals surface area contributed by atoms with Gasteiger partial charge in [0.15, 0.2) is 21.3 Å². The van der Waals surface area contributed by atoms with Gasteiger partial charge >= 0.3 is 6.18 Å². The number of sulfone groups is 1. The Morgan fingerprint density at radius 1 is 1.28 bits per heavy atom. The van der Waals surface area contributed by atoms with E-state index in [2.05, 4.69) is 15.4 Å². The van der Waals surface area contributed by atoms with Crippen LogP contribution in [0.4, 0.5) is 13.2 Å². The molecule has 0 saturated carbocycles. The lowest BCUT2D eigenvalue weighted by molar-refractivity contribution is -0.141. The molecule has 0 unspecified atom stereocenters. The molecule has 0 spiro atoms. The molecule has 0 radical (unpaired) electrons. The summed E-state index contributed by atoms with van der Waals surface area (Å²) < 4.78 is 63.6. The van der Waals surface area contributed by atoms with Crippen LogP contribution in [0.25, 0.3) is 5.82 Å². The molecule has 0 aromatic carbocycles. The Kier molecular flexibility index (Phi) is 5.24. The first kappa shape index (κ1) is 19.4. The average Bonchev–Trinajstić information content (AvgIpc) is 2.81. The molecule has 0 aliphatic carbocycles. The van der Waals surface area contributed by atoms with E-state index in [1.54, 1.807) is 0 Å². The van der Waals surface area contributed by atoms with Crippen LogP contribution < -0.4 is 5.32 Å². The number of halogens is 3. The van der Waals surface area contributed by atoms with Gasteiger partial charge in [0.05, 0.1) is 10.6 Å². The fourth-order valence-corrected chi connectivity index (χ4v) is 2.77. The van der Waals surface area contributed by atoms with Gasteiger partial charge in [-0.3, -0.25) is 0 Å². The molecule has 0 aliphatic rings. The number of alkyl halides is 3. The van der Waals surface area contributed by atoms with Gasteiger partial charge in [0, 0.05) is 30.6 Å². The van der Waals surface area contributed by atoms with Crippen LogP contribution in [0.5, 0.6) is 0 Å². The Morgan fingerprint density at radius 3 is 2.36 bits per heavy atom. The largest absolute Gasteiger partial charge is 0.435 e. The molecule has 25 heavy (non-hydrogen) atoms. The molecule has 0 aliphatic heterocycles. The normalized spacial score (nSPS) is 12.8. The number of hydrogen-bond acceptors (Lipinski definition) is 5. The third-order valence-electron chi connectivity index (χ3n) is 3.56. The van der Waals surface area contributed by atoms with Gasteiger partial charge in [-0.1, -0.05) is 13.8 Å². The van der Waals surface area contributed by atoms with Crippen molar-refractivity contribution in [3.63, 3.8) is 0 Å². The van der Waals surface area contributed by atoms with E-state index in [1.165, 1.54) is 19.1 Å². The summed E-state index contributed by atoms with van der Waals surface area (Å²) in [5.41, 5.74) is -0.655. The molecule has 2 aromatic rings. The van der Waals surface area contributed by atoms with Crippen molar-refractivity contribution in [1.29, 1.82) is 0 Å². The van der Waals surface area contributed by atoms with Crippen molar-refractivity contribution in [2.24, 2.45) is 0 Å². The van der Waals surface area contributed by atoms with E-state index in [9.17, 15) is 21.6 Å². The van der Waals surface area contributed by atoms with E-state index >= 15 is 0 Å². The van der Waals surface area contributed by atoms with Crippen molar-refractivity contribution in [3.8, 4) is 5.82 Å². The van der Waals surface area contributed by atoms with Crippen molar-refractivity contribution < 1.29 is 21.6 Å². The van der Waals surface area contributed by atoms with Crippen molar-refractivity contribution >= 4 is 9.84 Å². The molecule has 10 heteroatoms. The van der Waals surface area contributed by atoms with Crippen molar-refractivity contribution in [2.45, 2.75) is 44.4 Å². The average molecular weight is 376 g/mol. The highest BCUT2D eigenvalue weighted by molar-refractivity contribution is 7.90. The molecule has 6 nitrogen and oxygen atoms in total. The maximum atomic E-state index is 13.2. The standard InChI is InChI=1S/C15H19F3N4O2S/c1-9(2)19-8-12-10(3)14(15(16,17)18)21-22(12)13-6-5-11(7-20-13)25(4,23)24/h5-7,9,19H,8H2,1-4H3. The number of nitrogens with zero attached hydrogens (tertiary/aromatic N) is 3. The lowest BCUT2D eigenvalue weighted by Crippen LogP contribution is -2.24. The summed E-state index contributed by atoms with van der Waals surface area (Å²) >= 11 is 0. The second kappa shape index (κ2) is 6.75. The molecule has 0 fully saturated rings. The SMILES string of the molecule is Cc1c(C(F)(F)F)nn(-c2ccc(S(C)(=O)=O)cn2)c1CNC(C)C. The number of nitrogens with one attached hydrogen (secondary N) is 1. The van der Waals surface area contributed by atoms with E-state index in [0.717, 1.165) is 17.1 Å². The topological polar surface area (TPSA) is 76.9 Å². The first-order chi connectivity index (χ1) is 11.4. The smallest absolute Gasteiger partial charge is 0.309 e. The molecule has 0 bridgehead atoms. The minimum absolute atomic E-state index is 0.00893. The Balaban J connectivity index is 2.55. The van der Waals surface area contributed by atoms with Gasteiger partial charge in [-0.2, -0.15) is 18.3 Å². The van der Waals surface area contributed by atoms with Crippen molar-refractivity contribution in [1.82, 2.24) is 20.1 Å². The van der Waals surface area contributed by atoms with Crippen molar-refractivity contribution in [3.05, 3.63) is 35.3 Å². The molecular weight excluding hydrogens is 357 g/mol. The zero-order valence-electron chi connectivity index (χ0n) is 14.2. The van der Waals surface area contributed by atoms with E-state index in [-0.39, 0.29) is 28.9 Å². The highest BCUT2D eigenvalue weighted by atomic mass is 32.2. The molecule has 0 amide bonds. The molecule has 0 saturated heterocycles. The van der Waals surface area contributed by atoms with Crippen LogP contribution in [0.1, 0.15) is 30.8 Å². The first-order valence-corrected chi connectivity index (χ1v) is 9.36. The molecule has 0 atom stereocenters. The van der Waals surface area contributed by atoms with Crippen LogP contribution in [0.3, 0.4) is 0 Å². The first-order valence-electron chi connectivity index (χ1n) is 7.47. The van der Waals surface area contributed by atoms with Gasteiger partial charge < -0.3 is 5.32 Å². The van der Waals surface area contributed by atoms with Gasteiger partial charge in [-0.05, 0) is 19.1 Å². The summed E-state index contributed by atoms with van der Waals surface area (Å²) in [6.07, 6.45) is -2.45. The van der Waals surface area contributed by atoms with Crippen LogP contribution in [-0.2, 0) is 22.6 Å². The summed E-state index contributed by atoms with van der Waals surface area (Å²) in [6, 6.07) is 2.70. The zero-order valence-corrected chi connectivity index (χ0v) is 15.0. The molecule has 1 N–H and O–H groups in total. The Labute approximate surface area is 144 Å². The number of rotatable bonds is 5. The van der Waals surface area contributed by atoms with Gasteiger partial charge in [0.2, 0.25) is 0 Å². The Hall–Kier alpha value is -1.94. The summed E-state index contributed by atoms with van der Waals surface area (Å²) in [5.74, 6) is 0.117. The van der Waals surface area contributed by atoms with Crippen LogP contribution in [0.15, 0.2) is 23.2 Å². The van der Waals surface area contributed by atoms with Crippen LogP contribution in [-0.4, -0.2) is 35.5 Å². The number of aromatic nitrogens is 3. The molecule has 2 rings (SSSR count). The quantitative estimate of drug-likeness (QED) is 0.868. The maximum Gasteiger partial charge on any atom is 0.435 e. The predicted molar refractivity (Wildman–Crippen MR) is 86.2 cm³/mol. The fraction of sp³-hybridized carbons (Fsp3) is 0.467. The van der Waals surface area contributed by atoms with E-state index in [1.807, 2.05) is 13.8 Å². The molecule has 2 heterocycles. The Bertz CT molecular complexity index is 856. The predicted octanol–water partition coefficient (Wildman–Crippen LogP) is 2.50. The minimum atomic E-state index is -4.59. The fourth-order valence-electron chi connectivity index (χ4n) is 2.22. The van der Waals surface area contributed by atoms with Crippen LogP contribution in [0.2, 0.25) is 0 Å². The monoisotopic (exact) mass is 376 g/mol. The van der Waals surface area contributed by atoms with Crippen LogP contribution >= 0.6 is 0 Å². The number of hydrogen-bond donors (Lipinski definition) is 1. The van der Waals surface area contributed by atoms with Gasteiger partial charge in [-0.15, -0.1) is 0 Å². The third-order valence-corrected chi connectivity index (χ3v) is 4.65. The highest BCUT2D eigenvalue weighted by Gasteiger charge is 2.38. The summed E-state index contributed by atoms with van der Waals surface area (Å²) in [4.78, 5) is 3.95. The third kappa shape index (κ3) is 4.37. The lowest BCUT2D eigenvalue weighted by Gasteiger charge is -2.11. The van der Waals surface area contributed by atoms with Gasteiger partial charge in [-0.25, -0.2) is 18.1 Å². The summed E-state index contributed by atoms with van der Waals surface area (Å²) in [7, 11) is -3.44. The molecule has 2 aromatic heterocycles. The van der Waals surface area contributed by atoms with E-state index < -0.39 is 21.7 Å². The number of pyridine rings is 1. The minimum Gasteiger partial charge on any atom is -0.309 e.